The maximum absolute atomic E-state index is 14.8. The summed E-state index contributed by atoms with van der Waals surface area (Å²) in [7, 11) is 0. The van der Waals surface area contributed by atoms with Crippen molar-refractivity contribution < 1.29 is 15.3 Å². The van der Waals surface area contributed by atoms with E-state index in [1.807, 2.05) is 6.92 Å². The Bertz CT molecular complexity index is 1100. The zero-order valence-electron chi connectivity index (χ0n) is 16.4. The van der Waals surface area contributed by atoms with E-state index >= 15 is 0 Å². The molecule has 0 radical (unpaired) electrons. The molecule has 0 atom stereocenters. The maximum atomic E-state index is 14.8. The minimum absolute atomic E-state index is 0. The normalized spacial score (nSPS) is 17.0. The van der Waals surface area contributed by atoms with E-state index in [9.17, 15) is 9.18 Å². The smallest absolute Gasteiger partial charge is 0.247 e. The average Bonchev–Trinajstić information content (AvgIpc) is 3.30. The van der Waals surface area contributed by atoms with Gasteiger partial charge in [0.15, 0.2) is 17.5 Å². The fraction of sp³-hybridized carbons (Fsp3) is 0.350. The highest BCUT2D eigenvalue weighted by atomic mass is 19.1. The van der Waals surface area contributed by atoms with Crippen molar-refractivity contribution in [2.75, 3.05) is 30.0 Å². The third-order valence-corrected chi connectivity index (χ3v) is 5.47. The van der Waals surface area contributed by atoms with Crippen molar-refractivity contribution in [1.82, 2.24) is 25.1 Å². The Hall–Kier alpha value is -3.40. The monoisotopic (exact) mass is 411 g/mol. The van der Waals surface area contributed by atoms with Crippen molar-refractivity contribution in [3.63, 3.8) is 0 Å². The topological polar surface area (TPSA) is 109 Å². The number of anilines is 2. The van der Waals surface area contributed by atoms with E-state index in [4.69, 9.17) is 9.72 Å². The number of carbonyl (C=O) groups excluding carboxylic acids is 1. The predicted molar refractivity (Wildman–Crippen MR) is 109 cm³/mol. The minimum atomic E-state index is -0.442. The van der Waals surface area contributed by atoms with Crippen molar-refractivity contribution in [3.8, 4) is 22.6 Å². The molecule has 2 aromatic heterocycles. The van der Waals surface area contributed by atoms with Crippen molar-refractivity contribution in [1.29, 1.82) is 0 Å². The number of rotatable bonds is 3. The summed E-state index contributed by atoms with van der Waals surface area (Å²) in [6.45, 7) is 3.27. The molecule has 0 bridgehead atoms. The third kappa shape index (κ3) is 3.18. The van der Waals surface area contributed by atoms with Gasteiger partial charge in [0.25, 0.3) is 0 Å². The first kappa shape index (κ1) is 18.6. The summed E-state index contributed by atoms with van der Waals surface area (Å²) < 4.78 is 20.3. The average molecular weight is 411 g/mol. The second kappa shape index (κ2) is 7.45. The Kier molecular flexibility index (Phi) is 4.62. The van der Waals surface area contributed by atoms with Gasteiger partial charge < -0.3 is 10.1 Å². The summed E-state index contributed by atoms with van der Waals surface area (Å²) >= 11 is 0. The number of hydrogen-bond donors (Lipinski definition) is 2. The number of nitrogens with zero attached hydrogens (tertiary/aromatic N) is 5. The Morgan fingerprint density at radius 1 is 1.23 bits per heavy atom. The molecule has 4 heterocycles. The summed E-state index contributed by atoms with van der Waals surface area (Å²) in [5, 5.41) is 9.48. The SMILES string of the molecule is Cc1cc(-c2ncn[nH]2)c(F)cc1-c1cnc2c(n1)N(C1CCOCC1)C(=O)CN2.[HH]. The van der Waals surface area contributed by atoms with E-state index < -0.39 is 5.82 Å². The maximum Gasteiger partial charge on any atom is 0.247 e. The van der Waals surface area contributed by atoms with Crippen LogP contribution in [-0.2, 0) is 9.53 Å². The van der Waals surface area contributed by atoms with Crippen LogP contribution in [0.1, 0.15) is 19.8 Å². The van der Waals surface area contributed by atoms with Crippen molar-refractivity contribution >= 4 is 17.5 Å². The quantitative estimate of drug-likeness (QED) is 0.682. The number of aromatic nitrogens is 5. The van der Waals surface area contributed by atoms with Gasteiger partial charge in [0, 0.05) is 26.2 Å². The molecule has 2 N–H and O–H groups in total. The molecule has 30 heavy (non-hydrogen) atoms. The lowest BCUT2D eigenvalue weighted by atomic mass is 10.0. The molecule has 1 saturated heterocycles. The highest BCUT2D eigenvalue weighted by molar-refractivity contribution is 6.01. The van der Waals surface area contributed by atoms with Crippen LogP contribution in [0.2, 0.25) is 0 Å². The van der Waals surface area contributed by atoms with Gasteiger partial charge in [-0.2, -0.15) is 5.10 Å². The minimum Gasteiger partial charge on any atom is -0.381 e. The zero-order chi connectivity index (χ0) is 20.7. The third-order valence-electron chi connectivity index (χ3n) is 5.47. The molecule has 156 valence electrons. The lowest BCUT2D eigenvalue weighted by molar-refractivity contribution is -0.118. The van der Waals surface area contributed by atoms with Crippen LogP contribution < -0.4 is 10.2 Å². The molecule has 5 rings (SSSR count). The number of fused-ring (bicyclic) bond motifs is 1. The molecule has 0 aliphatic carbocycles. The van der Waals surface area contributed by atoms with Crippen LogP contribution in [0.25, 0.3) is 22.6 Å². The summed E-state index contributed by atoms with van der Waals surface area (Å²) in [6, 6.07) is 3.13. The van der Waals surface area contributed by atoms with Gasteiger partial charge in [-0.25, -0.2) is 19.3 Å². The Balaban J connectivity index is 0.00000231. The second-order valence-electron chi connectivity index (χ2n) is 7.37. The van der Waals surface area contributed by atoms with Gasteiger partial charge in [0.1, 0.15) is 12.1 Å². The van der Waals surface area contributed by atoms with Gasteiger partial charge in [-0.15, -0.1) is 0 Å². The number of aromatic amines is 1. The van der Waals surface area contributed by atoms with Crippen LogP contribution in [0.3, 0.4) is 0 Å². The molecule has 1 aromatic carbocycles. The molecular weight excluding hydrogens is 389 g/mol. The molecule has 9 nitrogen and oxygen atoms in total. The number of benzene rings is 1. The van der Waals surface area contributed by atoms with Gasteiger partial charge in [-0.1, -0.05) is 0 Å². The lowest BCUT2D eigenvalue weighted by Crippen LogP contribution is -2.49. The molecule has 1 fully saturated rings. The Labute approximate surface area is 173 Å². The first-order valence-electron chi connectivity index (χ1n) is 9.79. The van der Waals surface area contributed by atoms with Crippen LogP contribution in [0.15, 0.2) is 24.7 Å². The number of H-pyrrole nitrogens is 1. The number of amides is 1. The predicted octanol–water partition coefficient (Wildman–Crippen LogP) is 2.56. The highest BCUT2D eigenvalue weighted by Crippen LogP contribution is 2.34. The van der Waals surface area contributed by atoms with Crippen LogP contribution >= 0.6 is 0 Å². The molecule has 2 aliphatic rings. The number of aryl methyl sites for hydroxylation is 1. The molecule has 3 aromatic rings. The van der Waals surface area contributed by atoms with E-state index in [1.54, 1.807) is 17.2 Å². The van der Waals surface area contributed by atoms with E-state index in [1.165, 1.54) is 12.4 Å². The second-order valence-corrected chi connectivity index (χ2v) is 7.37. The lowest BCUT2D eigenvalue weighted by Gasteiger charge is -2.36. The first-order valence-corrected chi connectivity index (χ1v) is 9.79. The molecule has 0 unspecified atom stereocenters. The summed E-state index contributed by atoms with van der Waals surface area (Å²) in [6.07, 6.45) is 4.43. The standard InChI is InChI=1S/C20H20FN7O2.H2/c1-11-6-14(18-24-10-25-27-18)15(21)7-13(11)16-8-22-19-20(26-16)28(17(29)9-23-19)12-2-4-30-5-3-12;/h6-8,10,12H,2-5,9H2,1H3,(H,22,23)(H,24,25,27);1H. The summed E-state index contributed by atoms with van der Waals surface area (Å²) in [5.41, 5.74) is 2.25. The van der Waals surface area contributed by atoms with Gasteiger partial charge in [-0.05, 0) is 37.5 Å². The number of halogens is 1. The highest BCUT2D eigenvalue weighted by Gasteiger charge is 2.34. The molecule has 10 heteroatoms. The summed E-state index contributed by atoms with van der Waals surface area (Å²) in [4.78, 5) is 27.6. The molecule has 0 spiro atoms. The number of carbonyl (C=O) groups is 1. The Morgan fingerprint density at radius 3 is 2.83 bits per heavy atom. The van der Waals surface area contributed by atoms with Crippen LogP contribution in [0.5, 0.6) is 0 Å². The largest absolute Gasteiger partial charge is 0.381 e. The molecular formula is C20H22FN7O2. The van der Waals surface area contributed by atoms with Crippen molar-refractivity contribution in [3.05, 3.63) is 36.0 Å². The summed E-state index contributed by atoms with van der Waals surface area (Å²) in [5.74, 6) is 0.905. The Morgan fingerprint density at radius 2 is 2.07 bits per heavy atom. The van der Waals surface area contributed by atoms with Crippen molar-refractivity contribution in [2.24, 2.45) is 0 Å². The number of ether oxygens (including phenoxy) is 1. The molecule has 0 saturated carbocycles. The number of hydrogen-bond acceptors (Lipinski definition) is 7. The van der Waals surface area contributed by atoms with E-state index in [-0.39, 0.29) is 19.9 Å². The van der Waals surface area contributed by atoms with E-state index in [0.29, 0.717) is 47.5 Å². The fourth-order valence-corrected chi connectivity index (χ4v) is 3.96. The van der Waals surface area contributed by atoms with E-state index in [2.05, 4.69) is 25.5 Å². The van der Waals surface area contributed by atoms with E-state index in [0.717, 1.165) is 18.4 Å². The van der Waals surface area contributed by atoms with Gasteiger partial charge >= 0.3 is 0 Å². The van der Waals surface area contributed by atoms with Gasteiger partial charge in [0.05, 0.1) is 24.0 Å². The molecule has 1 amide bonds. The van der Waals surface area contributed by atoms with Crippen LogP contribution in [-0.4, -0.2) is 56.9 Å². The zero-order valence-corrected chi connectivity index (χ0v) is 16.4. The van der Waals surface area contributed by atoms with Crippen LogP contribution in [0, 0.1) is 12.7 Å². The van der Waals surface area contributed by atoms with Crippen molar-refractivity contribution in [2.45, 2.75) is 25.8 Å². The number of nitrogens with one attached hydrogen (secondary N) is 2. The van der Waals surface area contributed by atoms with Crippen LogP contribution in [0.4, 0.5) is 16.0 Å². The first-order chi connectivity index (χ1) is 14.6. The fourth-order valence-electron chi connectivity index (χ4n) is 3.96. The van der Waals surface area contributed by atoms with Gasteiger partial charge in [-0.3, -0.25) is 14.8 Å². The van der Waals surface area contributed by atoms with Gasteiger partial charge in [0.2, 0.25) is 5.91 Å². The molecule has 2 aliphatic heterocycles.